The van der Waals surface area contributed by atoms with E-state index >= 15 is 0 Å². The molecule has 0 unspecified atom stereocenters. The molecule has 0 heterocycles. The van der Waals surface area contributed by atoms with Gasteiger partial charge < -0.3 is 4.74 Å². The molecule has 0 aromatic heterocycles. The molecular formula is C7H12O2. The van der Waals surface area contributed by atoms with Crippen LogP contribution in [0.2, 0.25) is 0 Å². The van der Waals surface area contributed by atoms with E-state index in [9.17, 15) is 4.79 Å². The fourth-order valence-corrected chi connectivity index (χ4v) is 0.180. The minimum Gasteiger partial charge on any atom is -0.460 e. The molecule has 0 radical (unpaired) electrons. The number of rotatable bonds is 2. The second-order valence-electron chi connectivity index (χ2n) is 1.50. The summed E-state index contributed by atoms with van der Waals surface area (Å²) in [6, 6.07) is 0. The van der Waals surface area contributed by atoms with Gasteiger partial charge >= 0.3 is 5.97 Å². The lowest BCUT2D eigenvalue weighted by atomic mass is 10.3. The second kappa shape index (κ2) is 3.28. The van der Waals surface area contributed by atoms with Crippen molar-refractivity contribution in [3.05, 3.63) is 12.2 Å². The monoisotopic (exact) mass is 135 g/mol. The number of carbonyl (C=O) groups is 1. The fraction of sp³-hybridized carbons (Fsp3) is 0.571. The molecule has 0 aliphatic rings. The van der Waals surface area contributed by atoms with Crippen molar-refractivity contribution in [2.75, 3.05) is 0 Å². The second-order valence-corrected chi connectivity index (χ2v) is 1.50. The zero-order valence-corrected chi connectivity index (χ0v) is 5.02. The van der Waals surface area contributed by atoms with Crippen LogP contribution in [0.5, 0.6) is 0 Å². The van der Waals surface area contributed by atoms with Gasteiger partial charge in [-0.3, -0.25) is 0 Å². The van der Waals surface area contributed by atoms with E-state index in [0.29, 0.717) is 0 Å². The van der Waals surface area contributed by atoms with Crippen LogP contribution in [-0.4, -0.2) is 12.0 Å². The summed E-state index contributed by atoms with van der Waals surface area (Å²) in [5.41, 5.74) is -0.176. The molecule has 0 aromatic carbocycles. The van der Waals surface area contributed by atoms with Crippen molar-refractivity contribution in [1.82, 2.24) is 0 Å². The first kappa shape index (κ1) is 2.11. The Hall–Kier alpha value is -0.790. The molecule has 2 heteroatoms. The summed E-state index contributed by atoms with van der Waals surface area (Å²) in [7, 11) is 0. The van der Waals surface area contributed by atoms with Crippen LogP contribution in [0, 0.1) is 0 Å². The summed E-state index contributed by atoms with van der Waals surface area (Å²) >= 11 is 0. The molecule has 0 saturated carbocycles. The maximum absolute atomic E-state index is 11.1. The van der Waals surface area contributed by atoms with Crippen LogP contribution in [-0.2, 0) is 9.53 Å². The number of ether oxygens (including phenoxy) is 1. The third-order valence-electron chi connectivity index (χ3n) is 0.543. The first-order chi connectivity index (χ1) is 6.83. The van der Waals surface area contributed by atoms with Crippen molar-refractivity contribution in [3.8, 4) is 0 Å². The highest BCUT2D eigenvalue weighted by atomic mass is 16.5. The van der Waals surface area contributed by atoms with Crippen molar-refractivity contribution < 1.29 is 19.1 Å². The molecule has 0 saturated heterocycles. The molecule has 0 rings (SSSR count). The summed E-state index contributed by atoms with van der Waals surface area (Å²) in [6.45, 7) is -2.15. The van der Waals surface area contributed by atoms with Gasteiger partial charge in [0.2, 0.25) is 0 Å². The molecule has 0 atom stereocenters. The van der Waals surface area contributed by atoms with Crippen molar-refractivity contribution in [3.63, 3.8) is 0 Å². The van der Waals surface area contributed by atoms with Crippen LogP contribution in [0.4, 0.5) is 0 Å². The topological polar surface area (TPSA) is 26.3 Å². The third kappa shape index (κ3) is 3.76. The van der Waals surface area contributed by atoms with Crippen LogP contribution in [0.3, 0.4) is 0 Å². The van der Waals surface area contributed by atoms with Gasteiger partial charge in [-0.05, 0) is 20.6 Å². The van der Waals surface area contributed by atoms with Crippen LogP contribution < -0.4 is 0 Å². The maximum Gasteiger partial charge on any atom is 0.333 e. The van der Waals surface area contributed by atoms with Crippen molar-refractivity contribution >= 4 is 5.97 Å². The van der Waals surface area contributed by atoms with Gasteiger partial charge in [0.15, 0.2) is 0 Å². The minimum atomic E-state index is -3.28. The van der Waals surface area contributed by atoms with E-state index in [0.717, 1.165) is 0 Å². The zero-order chi connectivity index (χ0) is 13.4. The largest absolute Gasteiger partial charge is 0.460 e. The Morgan fingerprint density at radius 1 is 1.89 bits per heavy atom. The third-order valence-corrected chi connectivity index (χ3v) is 0.543. The Kier molecular flexibility index (Phi) is 0.770. The summed E-state index contributed by atoms with van der Waals surface area (Å²) in [6.07, 6.45) is -3.28. The Balaban J connectivity index is 5.30. The summed E-state index contributed by atoms with van der Waals surface area (Å²) in [5.74, 6) is -1.22. The number of carbonyl (C=O) groups excluding carboxylic acids is 1. The highest BCUT2D eigenvalue weighted by Crippen LogP contribution is 1.95. The first-order valence-corrected chi connectivity index (χ1v) is 2.22. The van der Waals surface area contributed by atoms with E-state index in [1.54, 1.807) is 0 Å². The summed E-state index contributed by atoms with van der Waals surface area (Å²) < 4.78 is 53.3. The van der Waals surface area contributed by atoms with E-state index in [4.69, 9.17) is 9.60 Å². The molecule has 0 aromatic rings. The van der Waals surface area contributed by atoms with Gasteiger partial charge in [0.25, 0.3) is 0 Å². The Morgan fingerprint density at radius 2 is 2.44 bits per heavy atom. The van der Waals surface area contributed by atoms with Gasteiger partial charge in [0.05, 0.1) is 7.45 Å². The van der Waals surface area contributed by atoms with Gasteiger partial charge in [-0.2, -0.15) is 0 Å². The van der Waals surface area contributed by atoms with Gasteiger partial charge in [0.1, 0.15) is 0 Å². The lowest BCUT2D eigenvalue weighted by Gasteiger charge is -2.05. The Labute approximate surface area is 65.3 Å². The average Bonchev–Trinajstić information content (AvgIpc) is 1.99. The standard InChI is InChI=1S/C7H12O2/c1-5(2)7(8)9-6(3)4/h6H,1H2,2-4H3/i3D3,4D3,6D. The summed E-state index contributed by atoms with van der Waals surface area (Å²) in [4.78, 5) is 11.1. The van der Waals surface area contributed by atoms with E-state index in [1.165, 1.54) is 6.92 Å². The van der Waals surface area contributed by atoms with Crippen LogP contribution in [0.15, 0.2) is 12.2 Å². The molecule has 0 aliphatic heterocycles. The zero-order valence-electron chi connectivity index (χ0n) is 12.0. The van der Waals surface area contributed by atoms with Crippen LogP contribution >= 0.6 is 0 Å². The molecule has 9 heavy (non-hydrogen) atoms. The van der Waals surface area contributed by atoms with Gasteiger partial charge in [0, 0.05) is 13.8 Å². The molecule has 0 N–H and O–H groups in total. The quantitative estimate of drug-likeness (QED) is 0.424. The predicted octanol–water partition coefficient (Wildman–Crippen LogP) is 1.51. The van der Waals surface area contributed by atoms with Crippen molar-refractivity contribution in [2.45, 2.75) is 26.7 Å². The lowest BCUT2D eigenvalue weighted by Crippen LogP contribution is -2.11. The van der Waals surface area contributed by atoms with Gasteiger partial charge in [-0.15, -0.1) is 0 Å². The fourth-order valence-electron chi connectivity index (χ4n) is 0.180. The average molecular weight is 135 g/mol. The molecule has 0 amide bonds. The van der Waals surface area contributed by atoms with Crippen LogP contribution in [0.25, 0.3) is 0 Å². The van der Waals surface area contributed by atoms with E-state index < -0.39 is 25.8 Å². The predicted molar refractivity (Wildman–Crippen MR) is 36.0 cm³/mol. The van der Waals surface area contributed by atoms with Crippen molar-refractivity contribution in [1.29, 1.82) is 0 Å². The SMILES string of the molecule is [2H]C([2H])([2H])C([2H])(OC(=O)C(=C)C)C([2H])([2H])[2H]. The number of esters is 1. The Bertz CT molecular complexity index is 287. The molecule has 2 nitrogen and oxygen atoms in total. The van der Waals surface area contributed by atoms with Gasteiger partial charge in [-0.1, -0.05) is 6.58 Å². The highest BCUT2D eigenvalue weighted by molar-refractivity contribution is 5.87. The first-order valence-electron chi connectivity index (χ1n) is 5.72. The number of hydrogen-bond acceptors (Lipinski definition) is 2. The minimum absolute atomic E-state index is 0.176. The highest BCUT2D eigenvalue weighted by Gasteiger charge is 2.03. The number of hydrogen-bond donors (Lipinski definition) is 0. The smallest absolute Gasteiger partial charge is 0.333 e. The molecular weight excluding hydrogens is 116 g/mol. The molecule has 0 spiro atoms. The van der Waals surface area contributed by atoms with Crippen LogP contribution in [0.1, 0.15) is 30.2 Å². The molecule has 0 fully saturated rings. The normalized spacial score (nSPS) is 24.8. The molecule has 0 bridgehead atoms. The maximum atomic E-state index is 11.1. The van der Waals surface area contributed by atoms with E-state index in [-0.39, 0.29) is 5.57 Å². The molecule has 52 valence electrons. The van der Waals surface area contributed by atoms with Gasteiger partial charge in [-0.25, -0.2) is 4.79 Å². The van der Waals surface area contributed by atoms with Crippen molar-refractivity contribution in [2.24, 2.45) is 0 Å². The molecule has 0 aliphatic carbocycles. The summed E-state index contributed by atoms with van der Waals surface area (Å²) in [5, 5.41) is 0. The lowest BCUT2D eigenvalue weighted by molar-refractivity contribution is -0.142. The Morgan fingerprint density at radius 3 is 2.78 bits per heavy atom. The van der Waals surface area contributed by atoms with E-state index in [1.807, 2.05) is 0 Å². The van der Waals surface area contributed by atoms with E-state index in [2.05, 4.69) is 11.3 Å².